The third kappa shape index (κ3) is 7.07. The van der Waals surface area contributed by atoms with Gasteiger partial charge in [0.2, 0.25) is 11.7 Å². The molecule has 0 aliphatic heterocycles. The molecule has 0 rings (SSSR count). The number of nitrogens with one attached hydrogen (secondary N) is 1. The molecule has 0 bridgehead atoms. The lowest BCUT2D eigenvalue weighted by Gasteiger charge is -2.16. The zero-order valence-electron chi connectivity index (χ0n) is 10.8. The third-order valence-electron chi connectivity index (χ3n) is 2.36. The van der Waals surface area contributed by atoms with Gasteiger partial charge in [0.05, 0.1) is 12.5 Å². The maximum atomic E-state index is 11.6. The molecule has 0 spiro atoms. The number of carboxylic acids is 1. The lowest BCUT2D eigenvalue weighted by atomic mass is 10.1. The van der Waals surface area contributed by atoms with Crippen LogP contribution in [0, 0.1) is 5.92 Å². The number of carboxylic acid groups (broad SMARTS) is 1. The molecule has 106 valence electrons. The van der Waals surface area contributed by atoms with Gasteiger partial charge in [0.15, 0.2) is 0 Å². The van der Waals surface area contributed by atoms with Gasteiger partial charge in [-0.1, -0.05) is 6.92 Å². The number of ketones is 1. The van der Waals surface area contributed by atoms with E-state index in [-0.39, 0.29) is 19.4 Å². The van der Waals surface area contributed by atoms with Crippen molar-refractivity contribution in [1.82, 2.24) is 5.32 Å². The minimum Gasteiger partial charge on any atom is -0.480 e. The fourth-order valence-electron chi connectivity index (χ4n) is 1.31. The summed E-state index contributed by atoms with van der Waals surface area (Å²) in [6.45, 7) is 1.77. The minimum absolute atomic E-state index is 0.0777. The second kappa shape index (κ2) is 8.96. The van der Waals surface area contributed by atoms with Crippen molar-refractivity contribution in [3.8, 4) is 0 Å². The van der Waals surface area contributed by atoms with Gasteiger partial charge in [0, 0.05) is 13.5 Å². The molecule has 0 heterocycles. The molecule has 2 N–H and O–H groups in total. The number of ether oxygens (including phenoxy) is 1. The number of nitrogens with zero attached hydrogens (tertiary/aromatic N) is 2. The summed E-state index contributed by atoms with van der Waals surface area (Å²) in [5.74, 6) is -2.70. The van der Waals surface area contributed by atoms with Gasteiger partial charge in [0.1, 0.15) is 6.04 Å². The highest BCUT2D eigenvalue weighted by atomic mass is 16.5. The predicted octanol–water partition coefficient (Wildman–Crippen LogP) is -0.512. The Morgan fingerprint density at radius 2 is 2.11 bits per heavy atom. The number of methoxy groups -OCH3 is 1. The summed E-state index contributed by atoms with van der Waals surface area (Å²) in [7, 11) is 1.44. The quantitative estimate of drug-likeness (QED) is 0.331. The lowest BCUT2D eigenvalue weighted by molar-refractivity contribution is -0.143. The second-order valence-electron chi connectivity index (χ2n) is 4.01. The first kappa shape index (κ1) is 16.9. The zero-order valence-corrected chi connectivity index (χ0v) is 10.8. The van der Waals surface area contributed by atoms with E-state index in [4.69, 9.17) is 15.4 Å². The number of amides is 1. The van der Waals surface area contributed by atoms with Crippen LogP contribution in [0.2, 0.25) is 0 Å². The van der Waals surface area contributed by atoms with Gasteiger partial charge in [-0.2, -0.15) is 4.79 Å². The Labute approximate surface area is 110 Å². The van der Waals surface area contributed by atoms with Crippen molar-refractivity contribution in [1.29, 1.82) is 0 Å². The molecule has 0 saturated heterocycles. The topological polar surface area (TPSA) is 129 Å². The molecule has 0 aromatic heterocycles. The maximum absolute atomic E-state index is 11.6. The molecule has 1 amide bonds. The van der Waals surface area contributed by atoms with Gasteiger partial charge in [0.25, 0.3) is 0 Å². The Bertz CT molecular complexity index is 390. The van der Waals surface area contributed by atoms with Crippen molar-refractivity contribution in [2.75, 3.05) is 13.7 Å². The van der Waals surface area contributed by atoms with Crippen molar-refractivity contribution in [3.63, 3.8) is 0 Å². The molecule has 8 heteroatoms. The summed E-state index contributed by atoms with van der Waals surface area (Å²) in [5, 5.41) is 11.3. The number of Topliss-reactive ketones (excluding diaryl/α,β-unsaturated/α-hetero) is 1. The van der Waals surface area contributed by atoms with Crippen LogP contribution in [0.15, 0.2) is 0 Å². The molecule has 0 unspecified atom stereocenters. The van der Waals surface area contributed by atoms with Gasteiger partial charge in [-0.05, 0) is 6.42 Å². The highest BCUT2D eigenvalue weighted by Gasteiger charge is 2.23. The van der Waals surface area contributed by atoms with E-state index in [9.17, 15) is 14.4 Å². The fourth-order valence-corrected chi connectivity index (χ4v) is 1.31. The molecular weight excluding hydrogens is 254 g/mol. The van der Waals surface area contributed by atoms with Crippen molar-refractivity contribution in [2.45, 2.75) is 25.8 Å². The number of rotatable bonds is 9. The molecule has 8 nitrogen and oxygen atoms in total. The van der Waals surface area contributed by atoms with Crippen molar-refractivity contribution >= 4 is 23.9 Å². The standard InChI is InChI=1S/C11H17N3O5/c1-7(6-19-2)10(16)14-9(11(17)18)4-3-8(15)5-13-12/h5,7,9H,3-4,6H2,1-2H3,(H,14,16)(H,17,18)/t7-,9+/m1/s1. The summed E-state index contributed by atoms with van der Waals surface area (Å²) in [6.07, 6.45) is 0.472. The summed E-state index contributed by atoms with van der Waals surface area (Å²) in [4.78, 5) is 36.2. The summed E-state index contributed by atoms with van der Waals surface area (Å²) >= 11 is 0. The average molecular weight is 271 g/mol. The van der Waals surface area contributed by atoms with E-state index >= 15 is 0 Å². The van der Waals surface area contributed by atoms with Crippen molar-refractivity contribution < 1.29 is 29.0 Å². The first-order valence-electron chi connectivity index (χ1n) is 5.64. The van der Waals surface area contributed by atoms with Crippen LogP contribution in [-0.2, 0) is 19.1 Å². The Balaban J connectivity index is 4.42. The molecular formula is C11H17N3O5. The Hall–Kier alpha value is -2.05. The van der Waals surface area contributed by atoms with Gasteiger partial charge in [-0.25, -0.2) is 4.79 Å². The van der Waals surface area contributed by atoms with Crippen LogP contribution in [0.1, 0.15) is 19.8 Å². The summed E-state index contributed by atoms with van der Waals surface area (Å²) in [5.41, 5.74) is 8.14. The van der Waals surface area contributed by atoms with E-state index in [2.05, 4.69) is 10.1 Å². The molecule has 0 fully saturated rings. The number of hydrogen-bond donors (Lipinski definition) is 2. The first-order valence-corrected chi connectivity index (χ1v) is 5.64. The van der Waals surface area contributed by atoms with E-state index in [0.29, 0.717) is 6.21 Å². The molecule has 0 radical (unpaired) electrons. The van der Waals surface area contributed by atoms with Gasteiger partial charge in [-0.3, -0.25) is 9.59 Å². The van der Waals surface area contributed by atoms with Crippen molar-refractivity contribution in [2.24, 2.45) is 5.92 Å². The molecule has 2 atom stereocenters. The minimum atomic E-state index is -1.23. The lowest BCUT2D eigenvalue weighted by Crippen LogP contribution is -2.44. The number of carbonyl (C=O) groups excluding carboxylic acids is 2. The Morgan fingerprint density at radius 3 is 2.58 bits per heavy atom. The number of hydrogen-bond acceptors (Lipinski definition) is 4. The monoisotopic (exact) mass is 271 g/mol. The number of carbonyl (C=O) groups is 3. The third-order valence-corrected chi connectivity index (χ3v) is 2.36. The van der Waals surface area contributed by atoms with Crippen LogP contribution in [0.3, 0.4) is 0 Å². The second-order valence-corrected chi connectivity index (χ2v) is 4.01. The van der Waals surface area contributed by atoms with Crippen molar-refractivity contribution in [3.05, 3.63) is 5.53 Å². The van der Waals surface area contributed by atoms with E-state index in [1.54, 1.807) is 6.92 Å². The highest BCUT2D eigenvalue weighted by molar-refractivity contribution is 6.25. The van der Waals surface area contributed by atoms with Gasteiger partial charge in [-0.15, -0.1) is 0 Å². The first-order chi connectivity index (χ1) is 8.92. The van der Waals surface area contributed by atoms with Crippen LogP contribution in [-0.4, -0.2) is 53.5 Å². The van der Waals surface area contributed by atoms with Crippen LogP contribution in [0.25, 0.3) is 5.53 Å². The maximum Gasteiger partial charge on any atom is 0.326 e. The highest BCUT2D eigenvalue weighted by Crippen LogP contribution is 2.02. The van der Waals surface area contributed by atoms with Gasteiger partial charge >= 0.3 is 12.2 Å². The van der Waals surface area contributed by atoms with Crippen LogP contribution < -0.4 is 5.32 Å². The van der Waals surface area contributed by atoms with Crippen LogP contribution in [0.4, 0.5) is 0 Å². The average Bonchev–Trinajstić information content (AvgIpc) is 2.34. The molecule has 0 aliphatic carbocycles. The molecule has 0 aliphatic rings. The molecule has 19 heavy (non-hydrogen) atoms. The predicted molar refractivity (Wildman–Crippen MR) is 64.5 cm³/mol. The van der Waals surface area contributed by atoms with Crippen LogP contribution in [0.5, 0.6) is 0 Å². The normalized spacial score (nSPS) is 12.9. The SMILES string of the molecule is COC[C@@H](C)C(=O)N[C@@H](CCC(=O)C=[N+]=[N-])C(=O)O. The molecule has 0 aromatic rings. The molecule has 0 aromatic carbocycles. The zero-order chi connectivity index (χ0) is 14.8. The fraction of sp³-hybridized carbons (Fsp3) is 0.636. The van der Waals surface area contributed by atoms with E-state index in [1.165, 1.54) is 7.11 Å². The van der Waals surface area contributed by atoms with E-state index in [0.717, 1.165) is 0 Å². The van der Waals surface area contributed by atoms with Gasteiger partial charge < -0.3 is 20.7 Å². The van der Waals surface area contributed by atoms with E-state index in [1.807, 2.05) is 0 Å². The van der Waals surface area contributed by atoms with Crippen LogP contribution >= 0.6 is 0 Å². The largest absolute Gasteiger partial charge is 0.480 e. The Morgan fingerprint density at radius 1 is 1.47 bits per heavy atom. The number of aliphatic carboxylic acids is 1. The van der Waals surface area contributed by atoms with E-state index < -0.39 is 29.6 Å². The Kier molecular flexibility index (Phi) is 7.99. The summed E-state index contributed by atoms with van der Waals surface area (Å²) in [6, 6.07) is -1.16. The smallest absolute Gasteiger partial charge is 0.326 e. The molecule has 0 saturated carbocycles. The summed E-state index contributed by atoms with van der Waals surface area (Å²) < 4.78 is 4.79.